The van der Waals surface area contributed by atoms with Crippen molar-refractivity contribution in [3.63, 3.8) is 0 Å². The number of fused-ring (bicyclic) bond motifs is 1. The van der Waals surface area contributed by atoms with Crippen LogP contribution in [0.3, 0.4) is 0 Å². The van der Waals surface area contributed by atoms with E-state index in [2.05, 4.69) is 15.9 Å². The molecule has 4 heteroatoms. The first-order chi connectivity index (χ1) is 9.99. The summed E-state index contributed by atoms with van der Waals surface area (Å²) in [4.78, 5) is 12.9. The first-order valence-electron chi connectivity index (χ1n) is 6.53. The molecule has 0 aliphatic heterocycles. The number of carbonyl (C=O) groups is 1. The predicted octanol–water partition coefficient (Wildman–Crippen LogP) is 5.13. The smallest absolute Gasteiger partial charge is 0.195 e. The van der Waals surface area contributed by atoms with Gasteiger partial charge in [-0.2, -0.15) is 0 Å². The highest BCUT2D eigenvalue weighted by molar-refractivity contribution is 9.10. The van der Waals surface area contributed by atoms with Crippen LogP contribution >= 0.6 is 27.5 Å². The lowest BCUT2D eigenvalue weighted by molar-refractivity contribution is 0.103. The van der Waals surface area contributed by atoms with Crippen molar-refractivity contribution in [3.8, 4) is 0 Å². The molecule has 0 N–H and O–H groups in total. The minimum absolute atomic E-state index is 0.0294. The molecule has 0 aliphatic carbocycles. The van der Waals surface area contributed by atoms with E-state index < -0.39 is 0 Å². The Morgan fingerprint density at radius 3 is 2.71 bits per heavy atom. The topological polar surface area (TPSA) is 22.0 Å². The van der Waals surface area contributed by atoms with Crippen molar-refractivity contribution < 1.29 is 4.79 Å². The second-order valence-electron chi connectivity index (χ2n) is 5.06. The number of rotatable bonds is 2. The molecule has 2 nitrogen and oxygen atoms in total. The van der Waals surface area contributed by atoms with E-state index in [1.807, 2.05) is 61.1 Å². The fraction of sp³-hybridized carbons (Fsp3) is 0.118. The van der Waals surface area contributed by atoms with Gasteiger partial charge < -0.3 is 4.57 Å². The summed E-state index contributed by atoms with van der Waals surface area (Å²) in [5.74, 6) is 0.0294. The maximum absolute atomic E-state index is 12.9. The standard InChI is InChI=1S/C17H13BrClNO/c1-10-12(4-3-5-15(10)18)17(21)14-9-20(2)16-8-11(19)6-7-13(14)16/h3-9H,1-2H3. The molecular formula is C17H13BrClNO. The molecule has 0 aliphatic rings. The van der Waals surface area contributed by atoms with Gasteiger partial charge in [0.1, 0.15) is 0 Å². The quantitative estimate of drug-likeness (QED) is 0.579. The highest BCUT2D eigenvalue weighted by Gasteiger charge is 2.18. The normalized spacial score (nSPS) is 11.0. The van der Waals surface area contributed by atoms with Crippen LogP contribution in [-0.4, -0.2) is 10.4 Å². The zero-order chi connectivity index (χ0) is 15.1. The molecule has 0 unspecified atom stereocenters. The SMILES string of the molecule is Cc1c(Br)cccc1C(=O)c1cn(C)c2cc(Cl)ccc12. The van der Waals surface area contributed by atoms with E-state index in [9.17, 15) is 4.79 Å². The molecule has 0 atom stereocenters. The summed E-state index contributed by atoms with van der Waals surface area (Å²) in [5.41, 5.74) is 3.32. The van der Waals surface area contributed by atoms with E-state index >= 15 is 0 Å². The van der Waals surface area contributed by atoms with E-state index in [1.54, 1.807) is 0 Å². The average Bonchev–Trinajstić information content (AvgIpc) is 2.78. The second-order valence-corrected chi connectivity index (χ2v) is 6.35. The van der Waals surface area contributed by atoms with Crippen molar-refractivity contribution >= 4 is 44.2 Å². The van der Waals surface area contributed by atoms with Crippen LogP contribution in [-0.2, 0) is 7.05 Å². The molecule has 3 aromatic rings. The van der Waals surface area contributed by atoms with Crippen molar-refractivity contribution in [1.82, 2.24) is 4.57 Å². The maximum atomic E-state index is 12.9. The Bertz CT molecular complexity index is 867. The number of halogens is 2. The van der Waals surface area contributed by atoms with Crippen molar-refractivity contribution in [2.45, 2.75) is 6.92 Å². The maximum Gasteiger partial charge on any atom is 0.195 e. The van der Waals surface area contributed by atoms with Crippen molar-refractivity contribution in [2.75, 3.05) is 0 Å². The third-order valence-electron chi connectivity index (χ3n) is 3.71. The van der Waals surface area contributed by atoms with Gasteiger partial charge in [-0.1, -0.05) is 45.7 Å². The van der Waals surface area contributed by atoms with E-state index in [-0.39, 0.29) is 5.78 Å². The Balaban J connectivity index is 2.21. The molecule has 21 heavy (non-hydrogen) atoms. The predicted molar refractivity (Wildman–Crippen MR) is 90.2 cm³/mol. The van der Waals surface area contributed by atoms with Gasteiger partial charge in [0.25, 0.3) is 0 Å². The number of ketones is 1. The highest BCUT2D eigenvalue weighted by atomic mass is 79.9. The molecule has 3 rings (SSSR count). The van der Waals surface area contributed by atoms with Crippen LogP contribution in [0.15, 0.2) is 47.1 Å². The summed E-state index contributed by atoms with van der Waals surface area (Å²) < 4.78 is 2.87. The number of hydrogen-bond donors (Lipinski definition) is 0. The molecule has 1 aromatic heterocycles. The number of aryl methyl sites for hydroxylation is 1. The first kappa shape index (κ1) is 14.4. The summed E-state index contributed by atoms with van der Waals surface area (Å²) in [6.07, 6.45) is 1.86. The van der Waals surface area contributed by atoms with Gasteiger partial charge in [0.05, 0.1) is 0 Å². The van der Waals surface area contributed by atoms with Crippen LogP contribution in [0, 0.1) is 6.92 Å². The van der Waals surface area contributed by atoms with E-state index in [4.69, 9.17) is 11.6 Å². The molecular weight excluding hydrogens is 350 g/mol. The third-order valence-corrected chi connectivity index (χ3v) is 4.80. The Labute approximate surface area is 136 Å². The Hall–Kier alpha value is -1.58. The van der Waals surface area contributed by atoms with E-state index in [0.717, 1.165) is 20.9 Å². The van der Waals surface area contributed by atoms with Crippen molar-refractivity contribution in [1.29, 1.82) is 0 Å². The lowest BCUT2D eigenvalue weighted by Crippen LogP contribution is -2.03. The largest absolute Gasteiger partial charge is 0.350 e. The number of hydrogen-bond acceptors (Lipinski definition) is 1. The van der Waals surface area contributed by atoms with Gasteiger partial charge in [0, 0.05) is 44.8 Å². The average molecular weight is 363 g/mol. The zero-order valence-electron chi connectivity index (χ0n) is 11.7. The van der Waals surface area contributed by atoms with Crippen LogP contribution < -0.4 is 0 Å². The minimum Gasteiger partial charge on any atom is -0.350 e. The lowest BCUT2D eigenvalue weighted by Gasteiger charge is -2.06. The van der Waals surface area contributed by atoms with E-state index in [1.165, 1.54) is 0 Å². The van der Waals surface area contributed by atoms with E-state index in [0.29, 0.717) is 16.1 Å². The van der Waals surface area contributed by atoms with Gasteiger partial charge in [-0.3, -0.25) is 4.79 Å². The number of nitrogens with zero attached hydrogens (tertiary/aromatic N) is 1. The molecule has 0 spiro atoms. The fourth-order valence-electron chi connectivity index (χ4n) is 2.54. The zero-order valence-corrected chi connectivity index (χ0v) is 14.0. The van der Waals surface area contributed by atoms with Gasteiger partial charge >= 0.3 is 0 Å². The van der Waals surface area contributed by atoms with Crippen LogP contribution in [0.1, 0.15) is 21.5 Å². The van der Waals surface area contributed by atoms with Gasteiger partial charge in [0.15, 0.2) is 5.78 Å². The van der Waals surface area contributed by atoms with Crippen molar-refractivity contribution in [2.24, 2.45) is 7.05 Å². The second kappa shape index (κ2) is 5.32. The third kappa shape index (κ3) is 2.41. The Kier molecular flexibility index (Phi) is 3.64. The summed E-state index contributed by atoms with van der Waals surface area (Å²) in [6, 6.07) is 11.3. The molecule has 2 aromatic carbocycles. The molecule has 0 fully saturated rings. The molecule has 0 saturated heterocycles. The fourth-order valence-corrected chi connectivity index (χ4v) is 3.07. The molecule has 0 amide bonds. The Morgan fingerprint density at radius 2 is 1.95 bits per heavy atom. The molecule has 0 radical (unpaired) electrons. The van der Waals surface area contributed by atoms with Gasteiger partial charge in [-0.05, 0) is 30.7 Å². The van der Waals surface area contributed by atoms with Crippen LogP contribution in [0.25, 0.3) is 10.9 Å². The molecule has 0 saturated carbocycles. The summed E-state index contributed by atoms with van der Waals surface area (Å²) >= 11 is 9.51. The number of aromatic nitrogens is 1. The van der Waals surface area contributed by atoms with Crippen LogP contribution in [0.5, 0.6) is 0 Å². The van der Waals surface area contributed by atoms with Crippen LogP contribution in [0.2, 0.25) is 5.02 Å². The van der Waals surface area contributed by atoms with Gasteiger partial charge in [0.2, 0.25) is 0 Å². The first-order valence-corrected chi connectivity index (χ1v) is 7.70. The van der Waals surface area contributed by atoms with Gasteiger partial charge in [-0.15, -0.1) is 0 Å². The summed E-state index contributed by atoms with van der Waals surface area (Å²) in [7, 11) is 1.92. The van der Waals surface area contributed by atoms with Gasteiger partial charge in [-0.25, -0.2) is 0 Å². The highest BCUT2D eigenvalue weighted by Crippen LogP contribution is 2.28. The molecule has 1 heterocycles. The summed E-state index contributed by atoms with van der Waals surface area (Å²) in [6.45, 7) is 1.94. The number of carbonyl (C=O) groups excluding carboxylic acids is 1. The van der Waals surface area contributed by atoms with Crippen molar-refractivity contribution in [3.05, 3.63) is 68.8 Å². The summed E-state index contributed by atoms with van der Waals surface area (Å²) in [5, 5.41) is 1.59. The monoisotopic (exact) mass is 361 g/mol. The Morgan fingerprint density at radius 1 is 1.19 bits per heavy atom. The minimum atomic E-state index is 0.0294. The number of benzene rings is 2. The molecule has 106 valence electrons. The lowest BCUT2D eigenvalue weighted by atomic mass is 9.99. The van der Waals surface area contributed by atoms with Crippen LogP contribution in [0.4, 0.5) is 0 Å². The molecule has 0 bridgehead atoms.